The topological polar surface area (TPSA) is 72.1 Å². The molecule has 1 aromatic heterocycles. The highest BCUT2D eigenvalue weighted by Gasteiger charge is 2.32. The molecule has 0 N–H and O–H groups in total. The van der Waals surface area contributed by atoms with Crippen LogP contribution in [0.15, 0.2) is 75.0 Å². The summed E-state index contributed by atoms with van der Waals surface area (Å²) in [5, 5.41) is 0.512. The van der Waals surface area contributed by atoms with E-state index in [0.717, 1.165) is 0 Å². The van der Waals surface area contributed by atoms with Crippen LogP contribution >= 0.6 is 11.8 Å². The summed E-state index contributed by atoms with van der Waals surface area (Å²) in [6.45, 7) is 2.30. The lowest BCUT2D eigenvalue weighted by Gasteiger charge is -2.11. The minimum atomic E-state index is -0.460. The molecule has 2 heterocycles. The van der Waals surface area contributed by atoms with E-state index in [-0.39, 0.29) is 11.7 Å². The van der Waals surface area contributed by atoms with E-state index in [1.807, 2.05) is 6.92 Å². The number of methoxy groups -OCH3 is 1. The highest BCUT2D eigenvalue weighted by molar-refractivity contribution is 8.18. The number of benzene rings is 2. The third kappa shape index (κ3) is 4.36. The number of hydrogen-bond acceptors (Lipinski definition) is 6. The normalized spacial score (nSPS) is 16.2. The third-order valence-corrected chi connectivity index (χ3v) is 5.76. The molecule has 1 aliphatic rings. The van der Waals surface area contributed by atoms with E-state index in [1.165, 1.54) is 31.0 Å². The van der Waals surface area contributed by atoms with Crippen LogP contribution in [0.25, 0.3) is 17.4 Å². The van der Waals surface area contributed by atoms with Crippen LogP contribution < -0.4 is 0 Å². The van der Waals surface area contributed by atoms with Crippen molar-refractivity contribution >= 4 is 40.6 Å². The summed E-state index contributed by atoms with van der Waals surface area (Å²) in [6.07, 6.45) is 1.65. The SMILES string of the molecule is CCN1C(=O)/C(=C\c2ccc(-c3ccccc3C(=O)OC)o2)SC1=Nc1ccc(F)cc1. The Labute approximate surface area is 188 Å². The Bertz CT molecular complexity index is 1230. The first-order chi connectivity index (χ1) is 15.5. The Kier molecular flexibility index (Phi) is 6.23. The minimum Gasteiger partial charge on any atom is -0.465 e. The number of amidine groups is 1. The molecular weight excluding hydrogens is 431 g/mol. The van der Waals surface area contributed by atoms with Crippen LogP contribution in [0.3, 0.4) is 0 Å². The zero-order valence-electron chi connectivity index (χ0n) is 17.4. The van der Waals surface area contributed by atoms with Gasteiger partial charge in [-0.05, 0) is 61.2 Å². The van der Waals surface area contributed by atoms with Crippen LogP contribution in [-0.4, -0.2) is 35.6 Å². The van der Waals surface area contributed by atoms with Crippen molar-refractivity contribution in [2.45, 2.75) is 6.92 Å². The van der Waals surface area contributed by atoms with Crippen molar-refractivity contribution in [3.63, 3.8) is 0 Å². The molecule has 0 atom stereocenters. The quantitative estimate of drug-likeness (QED) is 0.379. The predicted octanol–water partition coefficient (Wildman–Crippen LogP) is 5.50. The molecule has 0 aliphatic carbocycles. The maximum atomic E-state index is 13.2. The van der Waals surface area contributed by atoms with Crippen LogP contribution in [0, 0.1) is 5.82 Å². The second-order valence-corrected chi connectivity index (χ2v) is 7.78. The van der Waals surface area contributed by atoms with Gasteiger partial charge >= 0.3 is 5.97 Å². The van der Waals surface area contributed by atoms with Gasteiger partial charge in [0.05, 0.1) is 23.3 Å². The molecule has 162 valence electrons. The van der Waals surface area contributed by atoms with E-state index in [2.05, 4.69) is 4.99 Å². The van der Waals surface area contributed by atoms with E-state index in [4.69, 9.17) is 9.15 Å². The fourth-order valence-electron chi connectivity index (χ4n) is 3.19. The Morgan fingerprint density at radius 3 is 2.62 bits per heavy atom. The number of rotatable bonds is 5. The molecule has 1 fully saturated rings. The van der Waals surface area contributed by atoms with Gasteiger partial charge in [-0.15, -0.1) is 0 Å². The van der Waals surface area contributed by atoms with Crippen LogP contribution in [-0.2, 0) is 9.53 Å². The molecule has 1 amide bonds. The molecule has 1 aliphatic heterocycles. The number of carbonyl (C=O) groups excluding carboxylic acids is 2. The second-order valence-electron chi connectivity index (χ2n) is 6.77. The number of esters is 1. The number of aliphatic imine (C=N–C) groups is 1. The van der Waals surface area contributed by atoms with Crippen molar-refractivity contribution < 1.29 is 23.1 Å². The fraction of sp³-hybridized carbons (Fsp3) is 0.125. The molecule has 2 aromatic carbocycles. The number of halogens is 1. The van der Waals surface area contributed by atoms with E-state index < -0.39 is 5.97 Å². The molecule has 0 bridgehead atoms. The summed E-state index contributed by atoms with van der Waals surface area (Å²) in [4.78, 5) is 31.4. The average Bonchev–Trinajstić information content (AvgIpc) is 3.39. The Morgan fingerprint density at radius 1 is 1.16 bits per heavy atom. The zero-order chi connectivity index (χ0) is 22.7. The van der Waals surface area contributed by atoms with Gasteiger partial charge in [0, 0.05) is 18.2 Å². The standard InChI is InChI=1S/C24H19FN2O4S/c1-3-27-22(28)21(32-24(27)26-16-10-8-15(25)9-11-16)14-17-12-13-20(31-17)18-6-4-5-7-19(18)23(29)30-2/h4-14H,3H2,1-2H3/b21-14+,26-24?. The number of furan rings is 1. The van der Waals surface area contributed by atoms with E-state index in [9.17, 15) is 14.0 Å². The number of carbonyl (C=O) groups is 2. The molecule has 8 heteroatoms. The van der Waals surface area contributed by atoms with E-state index in [1.54, 1.807) is 59.5 Å². The smallest absolute Gasteiger partial charge is 0.338 e. The lowest BCUT2D eigenvalue weighted by molar-refractivity contribution is -0.122. The highest BCUT2D eigenvalue weighted by atomic mass is 32.2. The lowest BCUT2D eigenvalue weighted by atomic mass is 10.1. The summed E-state index contributed by atoms with van der Waals surface area (Å²) in [7, 11) is 1.32. The van der Waals surface area contributed by atoms with Crippen LogP contribution in [0.5, 0.6) is 0 Å². The largest absolute Gasteiger partial charge is 0.465 e. The summed E-state index contributed by atoms with van der Waals surface area (Å²) in [5.74, 6) is -0.0418. The van der Waals surface area contributed by atoms with Gasteiger partial charge in [-0.2, -0.15) is 0 Å². The third-order valence-electron chi connectivity index (χ3n) is 4.75. The molecule has 6 nitrogen and oxygen atoms in total. The highest BCUT2D eigenvalue weighted by Crippen LogP contribution is 2.35. The average molecular weight is 450 g/mol. The van der Waals surface area contributed by atoms with Crippen LogP contribution in [0.2, 0.25) is 0 Å². The van der Waals surface area contributed by atoms with Crippen molar-refractivity contribution in [3.05, 3.63) is 82.7 Å². The van der Waals surface area contributed by atoms with Gasteiger partial charge in [0.15, 0.2) is 5.17 Å². The van der Waals surface area contributed by atoms with Crippen molar-refractivity contribution in [2.24, 2.45) is 4.99 Å². The van der Waals surface area contributed by atoms with Crippen LogP contribution in [0.1, 0.15) is 23.0 Å². The second kappa shape index (κ2) is 9.23. The fourth-order valence-corrected chi connectivity index (χ4v) is 4.23. The van der Waals surface area contributed by atoms with Gasteiger partial charge in [-0.1, -0.05) is 18.2 Å². The van der Waals surface area contributed by atoms with Gasteiger partial charge in [-0.25, -0.2) is 14.2 Å². The summed E-state index contributed by atoms with van der Waals surface area (Å²) < 4.78 is 23.9. The maximum Gasteiger partial charge on any atom is 0.338 e. The molecule has 0 saturated carbocycles. The summed E-state index contributed by atoms with van der Waals surface area (Å²) in [5.41, 5.74) is 1.55. The summed E-state index contributed by atoms with van der Waals surface area (Å²) in [6, 6.07) is 16.2. The number of amides is 1. The van der Waals surface area contributed by atoms with Gasteiger partial charge in [0.1, 0.15) is 17.3 Å². The Hall–Kier alpha value is -3.65. The molecule has 1 saturated heterocycles. The van der Waals surface area contributed by atoms with E-state index in [0.29, 0.717) is 45.0 Å². The Morgan fingerprint density at radius 2 is 1.91 bits per heavy atom. The predicted molar refractivity (Wildman–Crippen MR) is 122 cm³/mol. The number of ether oxygens (including phenoxy) is 1. The number of nitrogens with zero attached hydrogens (tertiary/aromatic N) is 2. The van der Waals surface area contributed by atoms with Crippen molar-refractivity contribution in [2.75, 3.05) is 13.7 Å². The van der Waals surface area contributed by atoms with E-state index >= 15 is 0 Å². The number of likely N-dealkylation sites (N-methyl/N-ethyl adjacent to an activating group) is 1. The number of thioether (sulfide) groups is 1. The molecule has 4 rings (SSSR count). The maximum absolute atomic E-state index is 13.2. The molecule has 0 unspecified atom stereocenters. The first kappa shape index (κ1) is 21.6. The number of hydrogen-bond donors (Lipinski definition) is 0. The van der Waals surface area contributed by atoms with Crippen molar-refractivity contribution in [3.8, 4) is 11.3 Å². The molecule has 3 aromatic rings. The Balaban J connectivity index is 1.63. The van der Waals surface area contributed by atoms with Gasteiger partial charge < -0.3 is 9.15 Å². The van der Waals surface area contributed by atoms with Gasteiger partial charge in [0.25, 0.3) is 5.91 Å². The van der Waals surface area contributed by atoms with Crippen molar-refractivity contribution in [1.29, 1.82) is 0 Å². The lowest BCUT2D eigenvalue weighted by Crippen LogP contribution is -2.28. The summed E-state index contributed by atoms with van der Waals surface area (Å²) >= 11 is 1.22. The van der Waals surface area contributed by atoms with Gasteiger partial charge in [0.2, 0.25) is 0 Å². The monoisotopic (exact) mass is 450 g/mol. The first-order valence-electron chi connectivity index (χ1n) is 9.83. The van der Waals surface area contributed by atoms with Crippen molar-refractivity contribution in [1.82, 2.24) is 4.90 Å². The molecule has 32 heavy (non-hydrogen) atoms. The minimum absolute atomic E-state index is 0.189. The molecule has 0 radical (unpaired) electrons. The van der Waals surface area contributed by atoms with Crippen LogP contribution in [0.4, 0.5) is 10.1 Å². The molecular formula is C24H19FN2O4S. The van der Waals surface area contributed by atoms with Gasteiger partial charge in [-0.3, -0.25) is 9.69 Å². The molecule has 0 spiro atoms. The first-order valence-corrected chi connectivity index (χ1v) is 10.6. The zero-order valence-corrected chi connectivity index (χ0v) is 18.2.